The van der Waals surface area contributed by atoms with Crippen LogP contribution in [0.1, 0.15) is 0 Å². The number of ether oxygens (including phenoxy) is 4. The Morgan fingerprint density at radius 3 is 2.78 bits per heavy atom. The van der Waals surface area contributed by atoms with Crippen LogP contribution in [0.5, 0.6) is 17.2 Å². The number of esters is 1. The first-order valence-electron chi connectivity index (χ1n) is 7.16. The molecule has 5 nitrogen and oxygen atoms in total. The van der Waals surface area contributed by atoms with Gasteiger partial charge in [0.25, 0.3) is 0 Å². The number of fused-ring (bicyclic) bond motifs is 1. The summed E-state index contributed by atoms with van der Waals surface area (Å²) in [4.78, 5) is 12.0. The van der Waals surface area contributed by atoms with Crippen LogP contribution < -0.4 is 14.2 Å². The van der Waals surface area contributed by atoms with Gasteiger partial charge in [0.1, 0.15) is 25.6 Å². The van der Waals surface area contributed by atoms with Gasteiger partial charge < -0.3 is 18.9 Å². The average molecular weight is 379 g/mol. The molecule has 0 aromatic heterocycles. The van der Waals surface area contributed by atoms with Gasteiger partial charge in [-0.3, -0.25) is 0 Å². The van der Waals surface area contributed by atoms with E-state index in [-0.39, 0.29) is 19.8 Å². The Balaban J connectivity index is 1.43. The molecule has 6 heteroatoms. The second kappa shape index (κ2) is 7.37. The monoisotopic (exact) mass is 378 g/mol. The zero-order valence-corrected chi connectivity index (χ0v) is 13.8. The fourth-order valence-corrected chi connectivity index (χ4v) is 2.47. The molecule has 0 bridgehead atoms. The van der Waals surface area contributed by atoms with Crippen LogP contribution in [-0.4, -0.2) is 31.9 Å². The van der Waals surface area contributed by atoms with E-state index in [1.54, 1.807) is 12.1 Å². The van der Waals surface area contributed by atoms with Crippen LogP contribution in [-0.2, 0) is 9.53 Å². The van der Waals surface area contributed by atoms with E-state index in [0.717, 1.165) is 4.47 Å². The summed E-state index contributed by atoms with van der Waals surface area (Å²) in [6, 6.07) is 14.7. The van der Waals surface area contributed by atoms with Crippen LogP contribution >= 0.6 is 15.9 Å². The Bertz CT molecular complexity index is 688. The Morgan fingerprint density at radius 2 is 1.96 bits per heavy atom. The van der Waals surface area contributed by atoms with Crippen molar-refractivity contribution < 1.29 is 23.7 Å². The maximum Gasteiger partial charge on any atom is 0.351 e. The standard InChI is InChI=1S/C17H15BrO5/c18-12-4-3-5-13(10-12)20-8-9-21-17(19)16-11-22-14-6-1-2-7-15(14)23-16/h1-7,10,16H,8-9,11H2/t16-/m1/s1. The number of carbonyl (C=O) groups excluding carboxylic acids is 1. The summed E-state index contributed by atoms with van der Waals surface area (Å²) in [6.45, 7) is 0.557. The van der Waals surface area contributed by atoms with Gasteiger partial charge in [0.15, 0.2) is 11.5 Å². The fourth-order valence-electron chi connectivity index (χ4n) is 2.09. The highest BCUT2D eigenvalue weighted by molar-refractivity contribution is 9.10. The van der Waals surface area contributed by atoms with Crippen molar-refractivity contribution in [3.05, 3.63) is 53.0 Å². The van der Waals surface area contributed by atoms with Crippen molar-refractivity contribution in [2.75, 3.05) is 19.8 Å². The number of benzene rings is 2. The van der Waals surface area contributed by atoms with Crippen LogP contribution in [0.2, 0.25) is 0 Å². The number of rotatable bonds is 5. The smallest absolute Gasteiger partial charge is 0.351 e. The molecular weight excluding hydrogens is 364 g/mol. The molecule has 3 rings (SSSR count). The molecule has 2 aromatic rings. The Kier molecular flexibility index (Phi) is 5.02. The lowest BCUT2D eigenvalue weighted by atomic mass is 10.2. The molecular formula is C17H15BrO5. The highest BCUT2D eigenvalue weighted by Gasteiger charge is 2.28. The Labute approximate surface area is 142 Å². The average Bonchev–Trinajstić information content (AvgIpc) is 2.58. The molecule has 1 aliphatic rings. The van der Waals surface area contributed by atoms with Gasteiger partial charge in [-0.05, 0) is 30.3 Å². The first kappa shape index (κ1) is 15.7. The van der Waals surface area contributed by atoms with Crippen molar-refractivity contribution >= 4 is 21.9 Å². The van der Waals surface area contributed by atoms with Crippen molar-refractivity contribution in [2.24, 2.45) is 0 Å². The molecule has 1 aliphatic heterocycles. The first-order chi connectivity index (χ1) is 11.2. The third-order valence-corrected chi connectivity index (χ3v) is 3.66. The molecule has 0 N–H and O–H groups in total. The van der Waals surface area contributed by atoms with Gasteiger partial charge in [0.05, 0.1) is 0 Å². The lowest BCUT2D eigenvalue weighted by molar-refractivity contribution is -0.155. The van der Waals surface area contributed by atoms with Gasteiger partial charge in [-0.25, -0.2) is 4.79 Å². The molecule has 0 spiro atoms. The molecule has 120 valence electrons. The zero-order chi connectivity index (χ0) is 16.1. The molecule has 2 aromatic carbocycles. The minimum Gasteiger partial charge on any atom is -0.490 e. The topological polar surface area (TPSA) is 54.0 Å². The van der Waals surface area contributed by atoms with Crippen molar-refractivity contribution in [2.45, 2.75) is 6.10 Å². The minimum atomic E-state index is -0.754. The van der Waals surface area contributed by atoms with E-state index in [2.05, 4.69) is 15.9 Å². The molecule has 23 heavy (non-hydrogen) atoms. The number of hydrogen-bond acceptors (Lipinski definition) is 5. The van der Waals surface area contributed by atoms with E-state index in [4.69, 9.17) is 18.9 Å². The SMILES string of the molecule is O=C(OCCOc1cccc(Br)c1)[C@H]1COc2ccccc2O1. The van der Waals surface area contributed by atoms with Crippen LogP contribution in [0.15, 0.2) is 53.0 Å². The minimum absolute atomic E-state index is 0.141. The molecule has 0 unspecified atom stereocenters. The van der Waals surface area contributed by atoms with E-state index in [1.165, 1.54) is 0 Å². The van der Waals surface area contributed by atoms with Gasteiger partial charge >= 0.3 is 5.97 Å². The van der Waals surface area contributed by atoms with Gasteiger partial charge in [0.2, 0.25) is 6.10 Å². The second-order valence-electron chi connectivity index (χ2n) is 4.84. The molecule has 0 aliphatic carbocycles. The largest absolute Gasteiger partial charge is 0.490 e. The molecule has 0 fully saturated rings. The maximum absolute atomic E-state index is 12.0. The summed E-state index contributed by atoms with van der Waals surface area (Å²) in [5.41, 5.74) is 0. The third kappa shape index (κ3) is 4.16. The third-order valence-electron chi connectivity index (χ3n) is 3.16. The predicted octanol–water partition coefficient (Wildman–Crippen LogP) is 3.21. The van der Waals surface area contributed by atoms with Gasteiger partial charge in [-0.2, -0.15) is 0 Å². The highest BCUT2D eigenvalue weighted by atomic mass is 79.9. The van der Waals surface area contributed by atoms with E-state index < -0.39 is 12.1 Å². The fraction of sp³-hybridized carbons (Fsp3) is 0.235. The van der Waals surface area contributed by atoms with Gasteiger partial charge in [0, 0.05) is 4.47 Å². The predicted molar refractivity (Wildman–Crippen MR) is 86.9 cm³/mol. The lowest BCUT2D eigenvalue weighted by Crippen LogP contribution is -2.38. The van der Waals surface area contributed by atoms with Gasteiger partial charge in [-0.15, -0.1) is 0 Å². The summed E-state index contributed by atoms with van der Waals surface area (Å²) in [7, 11) is 0. The van der Waals surface area contributed by atoms with E-state index in [1.807, 2.05) is 36.4 Å². The van der Waals surface area contributed by atoms with Crippen LogP contribution in [0, 0.1) is 0 Å². The van der Waals surface area contributed by atoms with E-state index >= 15 is 0 Å². The molecule has 0 radical (unpaired) electrons. The van der Waals surface area contributed by atoms with Gasteiger partial charge in [-0.1, -0.05) is 34.1 Å². The summed E-state index contributed by atoms with van der Waals surface area (Å²) in [5.74, 6) is 1.43. The van der Waals surface area contributed by atoms with Crippen molar-refractivity contribution in [3.63, 3.8) is 0 Å². The van der Waals surface area contributed by atoms with E-state index in [0.29, 0.717) is 17.2 Å². The van der Waals surface area contributed by atoms with Crippen molar-refractivity contribution in [1.29, 1.82) is 0 Å². The number of hydrogen-bond donors (Lipinski definition) is 0. The zero-order valence-electron chi connectivity index (χ0n) is 12.2. The molecule has 0 saturated carbocycles. The summed E-state index contributed by atoms with van der Waals surface area (Å²) >= 11 is 3.36. The quantitative estimate of drug-likeness (QED) is 0.590. The maximum atomic E-state index is 12.0. The molecule has 1 heterocycles. The molecule has 0 amide bonds. The van der Waals surface area contributed by atoms with Crippen LogP contribution in [0.25, 0.3) is 0 Å². The summed E-state index contributed by atoms with van der Waals surface area (Å²) in [5, 5.41) is 0. The Morgan fingerprint density at radius 1 is 1.13 bits per heavy atom. The van der Waals surface area contributed by atoms with Crippen molar-refractivity contribution in [3.8, 4) is 17.2 Å². The summed E-state index contributed by atoms with van der Waals surface area (Å²) < 4.78 is 22.7. The Hall–Kier alpha value is -2.21. The second-order valence-corrected chi connectivity index (χ2v) is 5.75. The number of para-hydroxylation sites is 2. The van der Waals surface area contributed by atoms with Crippen LogP contribution in [0.3, 0.4) is 0 Å². The first-order valence-corrected chi connectivity index (χ1v) is 7.95. The summed E-state index contributed by atoms with van der Waals surface area (Å²) in [6.07, 6.45) is -0.754. The lowest BCUT2D eigenvalue weighted by Gasteiger charge is -2.24. The van der Waals surface area contributed by atoms with Crippen LogP contribution in [0.4, 0.5) is 0 Å². The number of halogens is 1. The van der Waals surface area contributed by atoms with Crippen molar-refractivity contribution in [1.82, 2.24) is 0 Å². The molecule has 1 atom stereocenters. The van der Waals surface area contributed by atoms with E-state index in [9.17, 15) is 4.79 Å². The number of carbonyl (C=O) groups is 1. The molecule has 0 saturated heterocycles. The normalized spacial score (nSPS) is 15.8. The highest BCUT2D eigenvalue weighted by Crippen LogP contribution is 2.31.